The molecule has 0 amide bonds. The van der Waals surface area contributed by atoms with Crippen LogP contribution in [0.1, 0.15) is 80.1 Å². The summed E-state index contributed by atoms with van der Waals surface area (Å²) < 4.78 is 53.8. The van der Waals surface area contributed by atoms with Crippen molar-refractivity contribution in [3.05, 3.63) is 83.7 Å². The SMILES string of the molecule is C=CCCC1CCC2CC(c3ccc(C(=O)Oc4cc(F)c(OC/C=C/C)c(F)c4)cc3F)CCC2C1. The van der Waals surface area contributed by atoms with E-state index in [2.05, 4.69) is 6.58 Å². The Morgan fingerprint density at radius 3 is 2.43 bits per heavy atom. The van der Waals surface area contributed by atoms with Crippen molar-refractivity contribution in [1.82, 2.24) is 0 Å². The molecule has 2 aromatic rings. The first-order chi connectivity index (χ1) is 17.9. The highest BCUT2D eigenvalue weighted by Crippen LogP contribution is 2.48. The van der Waals surface area contributed by atoms with Crippen LogP contribution in [0.25, 0.3) is 0 Å². The molecule has 2 aliphatic rings. The van der Waals surface area contributed by atoms with Gasteiger partial charge in [-0.05, 0) is 93.2 Å². The molecule has 0 saturated heterocycles. The van der Waals surface area contributed by atoms with Gasteiger partial charge in [-0.1, -0.05) is 30.7 Å². The molecule has 0 radical (unpaired) electrons. The molecule has 0 spiro atoms. The second kappa shape index (κ2) is 12.5. The van der Waals surface area contributed by atoms with Gasteiger partial charge in [0.1, 0.15) is 18.2 Å². The van der Waals surface area contributed by atoms with Crippen molar-refractivity contribution in [1.29, 1.82) is 0 Å². The minimum atomic E-state index is -0.987. The summed E-state index contributed by atoms with van der Waals surface area (Å²) in [5.74, 6) is -1.90. The lowest BCUT2D eigenvalue weighted by Gasteiger charge is -2.42. The van der Waals surface area contributed by atoms with Gasteiger partial charge in [0.05, 0.1) is 5.56 Å². The van der Waals surface area contributed by atoms with Crippen LogP contribution >= 0.6 is 0 Å². The molecule has 2 aliphatic carbocycles. The molecule has 4 rings (SSSR count). The lowest BCUT2D eigenvalue weighted by molar-refractivity contribution is 0.0733. The molecular formula is C31H35F3O3. The van der Waals surface area contributed by atoms with E-state index in [1.807, 2.05) is 6.08 Å². The third-order valence-electron chi connectivity index (χ3n) is 7.92. The molecule has 0 aromatic heterocycles. The van der Waals surface area contributed by atoms with Crippen LogP contribution in [0.4, 0.5) is 13.2 Å². The maximum absolute atomic E-state index is 15.1. The maximum Gasteiger partial charge on any atom is 0.343 e. The van der Waals surface area contributed by atoms with E-state index in [9.17, 15) is 13.6 Å². The third kappa shape index (κ3) is 6.65. The largest absolute Gasteiger partial charge is 0.483 e. The molecule has 0 bridgehead atoms. The molecule has 2 aromatic carbocycles. The minimum Gasteiger partial charge on any atom is -0.483 e. The van der Waals surface area contributed by atoms with Crippen LogP contribution in [0.5, 0.6) is 11.5 Å². The van der Waals surface area contributed by atoms with Gasteiger partial charge in [0.2, 0.25) is 0 Å². The van der Waals surface area contributed by atoms with Crippen LogP contribution in [0, 0.1) is 35.2 Å². The summed E-state index contributed by atoms with van der Waals surface area (Å²) in [6.45, 7) is 5.60. The summed E-state index contributed by atoms with van der Waals surface area (Å²) in [5.41, 5.74) is 0.621. The second-order valence-corrected chi connectivity index (χ2v) is 10.3. The summed E-state index contributed by atoms with van der Waals surface area (Å²) in [7, 11) is 0. The molecule has 2 fully saturated rings. The number of benzene rings is 2. The number of ether oxygens (including phenoxy) is 2. The van der Waals surface area contributed by atoms with Crippen molar-refractivity contribution >= 4 is 5.97 Å². The number of hydrogen-bond acceptors (Lipinski definition) is 3. The lowest BCUT2D eigenvalue weighted by atomic mass is 9.63. The van der Waals surface area contributed by atoms with Crippen LogP contribution in [0.15, 0.2) is 55.1 Å². The standard InChI is InChI=1S/C31H35F3O3/c1-3-5-7-20-8-9-22-16-23(11-10-21(22)15-20)26-13-12-24(17-27(26)32)31(35)37-25-18-28(33)30(29(34)19-25)36-14-6-4-2/h3-4,6,12-13,17-23H,1,5,7-11,14-16H2,2H3/b6-4+. The number of rotatable bonds is 9. The average Bonchev–Trinajstić information content (AvgIpc) is 2.88. The topological polar surface area (TPSA) is 35.5 Å². The first kappa shape index (κ1) is 27.0. The summed E-state index contributed by atoms with van der Waals surface area (Å²) in [4.78, 5) is 12.6. The number of carbonyl (C=O) groups excluding carboxylic acids is 1. The first-order valence-corrected chi connectivity index (χ1v) is 13.2. The highest BCUT2D eigenvalue weighted by Gasteiger charge is 2.36. The zero-order valence-corrected chi connectivity index (χ0v) is 21.4. The van der Waals surface area contributed by atoms with Crippen molar-refractivity contribution < 1.29 is 27.4 Å². The van der Waals surface area contributed by atoms with E-state index in [0.29, 0.717) is 11.5 Å². The second-order valence-electron chi connectivity index (χ2n) is 10.3. The van der Waals surface area contributed by atoms with Crippen molar-refractivity contribution in [2.75, 3.05) is 6.61 Å². The molecule has 4 unspecified atom stereocenters. The number of carbonyl (C=O) groups is 1. The predicted molar refractivity (Wildman–Crippen MR) is 138 cm³/mol. The zero-order valence-electron chi connectivity index (χ0n) is 21.4. The highest BCUT2D eigenvalue weighted by atomic mass is 19.1. The van der Waals surface area contributed by atoms with Crippen molar-refractivity contribution in [3.8, 4) is 11.5 Å². The fourth-order valence-corrected chi connectivity index (χ4v) is 6.00. The summed E-state index contributed by atoms with van der Waals surface area (Å²) in [6, 6.07) is 6.10. The molecule has 3 nitrogen and oxygen atoms in total. The van der Waals surface area contributed by atoms with E-state index in [1.54, 1.807) is 25.1 Å². The van der Waals surface area contributed by atoms with Gasteiger partial charge >= 0.3 is 5.97 Å². The van der Waals surface area contributed by atoms with E-state index < -0.39 is 29.2 Å². The third-order valence-corrected chi connectivity index (χ3v) is 7.92. The first-order valence-electron chi connectivity index (χ1n) is 13.2. The van der Waals surface area contributed by atoms with Crippen molar-refractivity contribution in [2.45, 2.75) is 64.2 Å². The van der Waals surface area contributed by atoms with Crippen molar-refractivity contribution in [2.24, 2.45) is 17.8 Å². The van der Waals surface area contributed by atoms with Crippen LogP contribution in [-0.2, 0) is 0 Å². The zero-order chi connectivity index (χ0) is 26.4. The monoisotopic (exact) mass is 512 g/mol. The summed E-state index contributed by atoms with van der Waals surface area (Å²) in [6.07, 6.45) is 14.3. The van der Waals surface area contributed by atoms with Crippen LogP contribution in [0.3, 0.4) is 0 Å². The molecule has 2 saturated carbocycles. The van der Waals surface area contributed by atoms with E-state index in [4.69, 9.17) is 9.47 Å². The Morgan fingerprint density at radius 2 is 1.73 bits per heavy atom. The lowest BCUT2D eigenvalue weighted by Crippen LogP contribution is -2.30. The van der Waals surface area contributed by atoms with Gasteiger partial charge in [-0.2, -0.15) is 0 Å². The Kier molecular flexibility index (Phi) is 9.12. The van der Waals surface area contributed by atoms with Gasteiger partial charge in [0, 0.05) is 12.1 Å². The van der Waals surface area contributed by atoms with E-state index in [-0.39, 0.29) is 23.8 Å². The molecule has 0 aliphatic heterocycles. The number of fused-ring (bicyclic) bond motifs is 1. The Bertz CT molecular complexity index is 1120. The molecular weight excluding hydrogens is 477 g/mol. The van der Waals surface area contributed by atoms with Gasteiger partial charge in [-0.3, -0.25) is 0 Å². The number of esters is 1. The molecule has 0 N–H and O–H groups in total. The normalized spacial score (nSPS) is 23.5. The van der Waals surface area contributed by atoms with E-state index in [0.717, 1.165) is 55.7 Å². The Hall–Kier alpha value is -3.02. The van der Waals surface area contributed by atoms with E-state index in [1.165, 1.54) is 31.7 Å². The molecule has 0 heterocycles. The fraction of sp³-hybridized carbons (Fsp3) is 0.452. The Balaban J connectivity index is 1.38. The molecule has 6 heteroatoms. The van der Waals surface area contributed by atoms with Gasteiger partial charge in [-0.25, -0.2) is 18.0 Å². The highest BCUT2D eigenvalue weighted by molar-refractivity contribution is 5.91. The summed E-state index contributed by atoms with van der Waals surface area (Å²) >= 11 is 0. The number of halogens is 3. The van der Waals surface area contributed by atoms with Gasteiger partial charge in [0.15, 0.2) is 17.4 Å². The van der Waals surface area contributed by atoms with Gasteiger partial charge in [-0.15, -0.1) is 6.58 Å². The van der Waals surface area contributed by atoms with Gasteiger partial charge < -0.3 is 9.47 Å². The predicted octanol–water partition coefficient (Wildman–Crippen LogP) is 8.54. The average molecular weight is 513 g/mol. The van der Waals surface area contributed by atoms with Gasteiger partial charge in [0.25, 0.3) is 0 Å². The number of allylic oxidation sites excluding steroid dienone is 2. The molecule has 198 valence electrons. The Morgan fingerprint density at radius 1 is 1.00 bits per heavy atom. The minimum absolute atomic E-state index is 0.00751. The van der Waals surface area contributed by atoms with Crippen molar-refractivity contribution in [3.63, 3.8) is 0 Å². The molecule has 4 atom stereocenters. The maximum atomic E-state index is 15.1. The fourth-order valence-electron chi connectivity index (χ4n) is 6.00. The Labute approximate surface area is 217 Å². The quantitative estimate of drug-likeness (QED) is 0.192. The summed E-state index contributed by atoms with van der Waals surface area (Å²) in [5, 5.41) is 0. The van der Waals surface area contributed by atoms with Crippen LogP contribution < -0.4 is 9.47 Å². The van der Waals surface area contributed by atoms with E-state index >= 15 is 4.39 Å². The smallest absolute Gasteiger partial charge is 0.343 e. The van der Waals surface area contributed by atoms with Crippen LogP contribution in [-0.4, -0.2) is 12.6 Å². The molecule has 37 heavy (non-hydrogen) atoms. The number of hydrogen-bond donors (Lipinski definition) is 0. The van der Waals surface area contributed by atoms with Crippen LogP contribution in [0.2, 0.25) is 0 Å².